The van der Waals surface area contributed by atoms with E-state index in [4.69, 9.17) is 9.47 Å². The third-order valence-electron chi connectivity index (χ3n) is 5.56. The first-order chi connectivity index (χ1) is 15.4. The zero-order valence-corrected chi connectivity index (χ0v) is 19.1. The van der Waals surface area contributed by atoms with E-state index >= 15 is 0 Å². The molecule has 0 spiro atoms. The predicted molar refractivity (Wildman–Crippen MR) is 124 cm³/mol. The Kier molecular flexibility index (Phi) is 6.77. The van der Waals surface area contributed by atoms with Gasteiger partial charge in [0.05, 0.1) is 31.6 Å². The van der Waals surface area contributed by atoms with Gasteiger partial charge in [-0.1, -0.05) is 31.7 Å². The summed E-state index contributed by atoms with van der Waals surface area (Å²) in [5.41, 5.74) is 5.93. The molecule has 0 unspecified atom stereocenters. The molecule has 7 heteroatoms. The molecule has 1 saturated heterocycles. The van der Waals surface area contributed by atoms with Crippen LogP contribution in [0.1, 0.15) is 43.5 Å². The maximum absolute atomic E-state index is 5.80. The Labute approximate surface area is 189 Å². The summed E-state index contributed by atoms with van der Waals surface area (Å²) in [6.45, 7) is 12.4. The Bertz CT molecular complexity index is 1050. The molecule has 7 nitrogen and oxygen atoms in total. The van der Waals surface area contributed by atoms with E-state index in [0.717, 1.165) is 53.0 Å². The number of aryl methyl sites for hydroxylation is 2. The van der Waals surface area contributed by atoms with Gasteiger partial charge in [0.25, 0.3) is 0 Å². The molecule has 1 fully saturated rings. The summed E-state index contributed by atoms with van der Waals surface area (Å²) < 4.78 is 13.4. The normalized spacial score (nSPS) is 16.2. The Morgan fingerprint density at radius 1 is 1.22 bits per heavy atom. The Morgan fingerprint density at radius 3 is 2.75 bits per heavy atom. The summed E-state index contributed by atoms with van der Waals surface area (Å²) in [7, 11) is 0. The van der Waals surface area contributed by atoms with Crippen molar-refractivity contribution in [3.63, 3.8) is 0 Å². The summed E-state index contributed by atoms with van der Waals surface area (Å²) in [4.78, 5) is 9.04. The standard InChI is InChI=1S/C25H31N5O2/c1-18(8-7-10-21-9-5-6-11-26-21)20-12-19(2)24(27-13-20)22-14-30(29-28-22)15-23-31-16-25(3,4)17-32-23/h5-6,9,11-14,23H,1,7-8,10,15-17H2,2-4H3. The highest BCUT2D eigenvalue weighted by Crippen LogP contribution is 2.26. The molecule has 3 aromatic heterocycles. The van der Waals surface area contributed by atoms with Gasteiger partial charge in [0.2, 0.25) is 0 Å². The van der Waals surface area contributed by atoms with E-state index in [1.165, 1.54) is 0 Å². The molecule has 32 heavy (non-hydrogen) atoms. The van der Waals surface area contributed by atoms with Gasteiger partial charge in [-0.05, 0) is 61.1 Å². The van der Waals surface area contributed by atoms with Crippen LogP contribution in [0.2, 0.25) is 0 Å². The van der Waals surface area contributed by atoms with Crippen LogP contribution in [0.3, 0.4) is 0 Å². The second-order valence-corrected chi connectivity index (χ2v) is 9.21. The quantitative estimate of drug-likeness (QED) is 0.521. The summed E-state index contributed by atoms with van der Waals surface area (Å²) in [5.74, 6) is 0. The lowest BCUT2D eigenvalue weighted by molar-refractivity contribution is -0.227. The Morgan fingerprint density at radius 2 is 2.03 bits per heavy atom. The molecule has 3 aromatic rings. The number of hydrogen-bond acceptors (Lipinski definition) is 6. The van der Waals surface area contributed by atoms with Gasteiger partial charge in [-0.3, -0.25) is 9.97 Å². The highest BCUT2D eigenvalue weighted by atomic mass is 16.7. The molecule has 0 aromatic carbocycles. The highest BCUT2D eigenvalue weighted by Gasteiger charge is 2.28. The van der Waals surface area contributed by atoms with Crippen molar-refractivity contribution in [3.05, 3.63) is 66.3 Å². The Balaban J connectivity index is 1.34. The van der Waals surface area contributed by atoms with Crippen LogP contribution in [-0.2, 0) is 22.4 Å². The topological polar surface area (TPSA) is 75.0 Å². The Hall–Kier alpha value is -2.90. The van der Waals surface area contributed by atoms with Crippen LogP contribution in [0.4, 0.5) is 0 Å². The first-order valence-electron chi connectivity index (χ1n) is 11.1. The van der Waals surface area contributed by atoms with Crippen LogP contribution in [-0.4, -0.2) is 44.5 Å². The predicted octanol–water partition coefficient (Wildman–Crippen LogP) is 4.48. The lowest BCUT2D eigenvalue weighted by Gasteiger charge is -2.34. The monoisotopic (exact) mass is 433 g/mol. The number of hydrogen-bond donors (Lipinski definition) is 0. The molecule has 0 bridgehead atoms. The minimum absolute atomic E-state index is 0.0508. The van der Waals surface area contributed by atoms with E-state index in [2.05, 4.69) is 52.8 Å². The zero-order valence-electron chi connectivity index (χ0n) is 19.1. The zero-order chi connectivity index (χ0) is 22.6. The van der Waals surface area contributed by atoms with Crippen LogP contribution in [0.25, 0.3) is 17.0 Å². The summed E-state index contributed by atoms with van der Waals surface area (Å²) in [5, 5.41) is 8.54. The van der Waals surface area contributed by atoms with Crippen molar-refractivity contribution in [1.82, 2.24) is 25.0 Å². The number of aromatic nitrogens is 5. The number of ether oxygens (including phenoxy) is 2. The van der Waals surface area contributed by atoms with Crippen molar-refractivity contribution in [2.24, 2.45) is 5.41 Å². The molecule has 168 valence electrons. The molecule has 1 aliphatic rings. The molecule has 0 saturated carbocycles. The van der Waals surface area contributed by atoms with Crippen molar-refractivity contribution >= 4 is 5.57 Å². The van der Waals surface area contributed by atoms with E-state index in [1.54, 1.807) is 4.68 Å². The molecule has 0 aliphatic carbocycles. The van der Waals surface area contributed by atoms with E-state index in [0.29, 0.717) is 19.8 Å². The van der Waals surface area contributed by atoms with Gasteiger partial charge in [0.15, 0.2) is 6.29 Å². The molecule has 1 aliphatic heterocycles. The van der Waals surface area contributed by atoms with Gasteiger partial charge in [0.1, 0.15) is 5.69 Å². The average molecular weight is 434 g/mol. The molecular weight excluding hydrogens is 402 g/mol. The lowest BCUT2D eigenvalue weighted by Crippen LogP contribution is -2.39. The smallest absolute Gasteiger partial charge is 0.177 e. The number of rotatable bonds is 8. The van der Waals surface area contributed by atoms with Crippen LogP contribution >= 0.6 is 0 Å². The van der Waals surface area contributed by atoms with E-state index in [9.17, 15) is 0 Å². The van der Waals surface area contributed by atoms with Gasteiger partial charge < -0.3 is 9.47 Å². The molecule has 0 atom stereocenters. The highest BCUT2D eigenvalue weighted by molar-refractivity contribution is 5.67. The van der Waals surface area contributed by atoms with Crippen molar-refractivity contribution in [2.75, 3.05) is 13.2 Å². The first-order valence-corrected chi connectivity index (χ1v) is 11.1. The second kappa shape index (κ2) is 9.71. The number of nitrogens with zero attached hydrogens (tertiary/aromatic N) is 5. The van der Waals surface area contributed by atoms with Gasteiger partial charge in [-0.15, -0.1) is 5.10 Å². The average Bonchev–Trinajstić information content (AvgIpc) is 3.24. The summed E-state index contributed by atoms with van der Waals surface area (Å²) in [6, 6.07) is 8.15. The summed E-state index contributed by atoms with van der Waals surface area (Å²) in [6.07, 6.45) is 8.16. The van der Waals surface area contributed by atoms with Crippen molar-refractivity contribution < 1.29 is 9.47 Å². The van der Waals surface area contributed by atoms with Crippen molar-refractivity contribution in [1.29, 1.82) is 0 Å². The molecule has 0 N–H and O–H groups in total. The molecule has 4 rings (SSSR count). The fraction of sp³-hybridized carbons (Fsp3) is 0.440. The van der Waals surface area contributed by atoms with Crippen LogP contribution < -0.4 is 0 Å². The maximum Gasteiger partial charge on any atom is 0.177 e. The summed E-state index contributed by atoms with van der Waals surface area (Å²) >= 11 is 0. The number of allylic oxidation sites excluding steroid dienone is 1. The van der Waals surface area contributed by atoms with E-state index < -0.39 is 0 Å². The minimum Gasteiger partial charge on any atom is -0.350 e. The van der Waals surface area contributed by atoms with Gasteiger partial charge in [-0.25, -0.2) is 4.68 Å². The van der Waals surface area contributed by atoms with Crippen LogP contribution in [0.15, 0.2) is 49.4 Å². The minimum atomic E-state index is -0.302. The third-order valence-corrected chi connectivity index (χ3v) is 5.56. The number of pyridine rings is 2. The maximum atomic E-state index is 5.80. The fourth-order valence-corrected chi connectivity index (χ4v) is 3.69. The van der Waals surface area contributed by atoms with Crippen LogP contribution in [0, 0.1) is 12.3 Å². The van der Waals surface area contributed by atoms with E-state index in [-0.39, 0.29) is 11.7 Å². The van der Waals surface area contributed by atoms with E-state index in [1.807, 2.05) is 37.6 Å². The van der Waals surface area contributed by atoms with Crippen LogP contribution in [0.5, 0.6) is 0 Å². The van der Waals surface area contributed by atoms with Gasteiger partial charge in [0, 0.05) is 23.5 Å². The van der Waals surface area contributed by atoms with Gasteiger partial charge in [-0.2, -0.15) is 0 Å². The fourth-order valence-electron chi connectivity index (χ4n) is 3.69. The van der Waals surface area contributed by atoms with Crippen molar-refractivity contribution in [3.8, 4) is 11.4 Å². The SMILES string of the molecule is C=C(CCCc1ccccn1)c1cnc(-c2cn(CC3OCC(C)(C)CO3)nn2)c(C)c1. The first kappa shape index (κ1) is 22.3. The lowest BCUT2D eigenvalue weighted by atomic mass is 9.96. The second-order valence-electron chi connectivity index (χ2n) is 9.21. The van der Waals surface area contributed by atoms with Crippen molar-refractivity contribution in [2.45, 2.75) is 52.9 Å². The molecule has 0 amide bonds. The largest absolute Gasteiger partial charge is 0.350 e. The van der Waals surface area contributed by atoms with Gasteiger partial charge >= 0.3 is 0 Å². The molecule has 0 radical (unpaired) electrons. The molecule has 4 heterocycles. The molecular formula is C25H31N5O2. The third kappa shape index (κ3) is 5.66.